The molecule has 0 radical (unpaired) electrons. The predicted molar refractivity (Wildman–Crippen MR) is 121 cm³/mol. The van der Waals surface area contributed by atoms with Crippen LogP contribution in [-0.4, -0.2) is 30.6 Å². The lowest BCUT2D eigenvalue weighted by Gasteiger charge is -2.29. The number of benzene rings is 2. The Hall–Kier alpha value is -3.09. The van der Waals surface area contributed by atoms with Crippen LogP contribution in [0.5, 0.6) is 17.2 Å². The zero-order valence-corrected chi connectivity index (χ0v) is 18.1. The molecule has 6 heteroatoms. The largest absolute Gasteiger partial charge is 0.493 e. The molecule has 0 saturated heterocycles. The van der Waals surface area contributed by atoms with E-state index in [0.29, 0.717) is 37.0 Å². The van der Waals surface area contributed by atoms with Crippen LogP contribution in [0.1, 0.15) is 33.3 Å². The molecule has 2 aromatic carbocycles. The van der Waals surface area contributed by atoms with Crippen molar-refractivity contribution in [2.45, 2.75) is 19.9 Å². The SMILES string of the molecule is CCOc1ccccc1/C=C1\Oc2c(ccc3c2CN(CCc2cccs2)CO3)C1=O. The number of rotatable bonds is 6. The van der Waals surface area contributed by atoms with E-state index in [9.17, 15) is 4.79 Å². The molecule has 0 saturated carbocycles. The van der Waals surface area contributed by atoms with E-state index in [1.165, 1.54) is 4.88 Å². The Bertz CT molecular complexity index is 1140. The minimum atomic E-state index is -0.111. The summed E-state index contributed by atoms with van der Waals surface area (Å²) in [6, 6.07) is 15.6. The number of fused-ring (bicyclic) bond motifs is 3. The van der Waals surface area contributed by atoms with Crippen LogP contribution < -0.4 is 14.2 Å². The average Bonchev–Trinajstić information content (AvgIpc) is 3.42. The van der Waals surface area contributed by atoms with Crippen LogP contribution >= 0.6 is 11.3 Å². The number of carbonyl (C=O) groups is 1. The van der Waals surface area contributed by atoms with Gasteiger partial charge in [0, 0.05) is 23.5 Å². The molecule has 3 heterocycles. The molecule has 0 bridgehead atoms. The molecule has 0 atom stereocenters. The van der Waals surface area contributed by atoms with E-state index in [4.69, 9.17) is 14.2 Å². The summed E-state index contributed by atoms with van der Waals surface area (Å²) in [7, 11) is 0. The fourth-order valence-corrected chi connectivity index (χ4v) is 4.60. The summed E-state index contributed by atoms with van der Waals surface area (Å²) < 4.78 is 17.8. The molecule has 0 unspecified atom stereocenters. The number of allylic oxidation sites excluding steroid dienone is 1. The van der Waals surface area contributed by atoms with Gasteiger partial charge in [-0.3, -0.25) is 9.69 Å². The van der Waals surface area contributed by atoms with E-state index in [1.54, 1.807) is 23.5 Å². The number of ketones is 1. The third kappa shape index (κ3) is 3.96. The highest BCUT2D eigenvalue weighted by Gasteiger charge is 2.33. The maximum Gasteiger partial charge on any atom is 0.231 e. The van der Waals surface area contributed by atoms with Gasteiger partial charge < -0.3 is 14.2 Å². The van der Waals surface area contributed by atoms with Gasteiger partial charge in [0.05, 0.1) is 17.7 Å². The molecule has 31 heavy (non-hydrogen) atoms. The van der Waals surface area contributed by atoms with E-state index in [2.05, 4.69) is 22.4 Å². The lowest BCUT2D eigenvalue weighted by Crippen LogP contribution is -2.33. The van der Waals surface area contributed by atoms with Crippen LogP contribution in [0, 0.1) is 0 Å². The third-order valence-electron chi connectivity index (χ3n) is 5.44. The van der Waals surface area contributed by atoms with Gasteiger partial charge in [-0.1, -0.05) is 24.3 Å². The first-order chi connectivity index (χ1) is 15.2. The fourth-order valence-electron chi connectivity index (χ4n) is 3.90. The van der Waals surface area contributed by atoms with Crippen molar-refractivity contribution in [2.75, 3.05) is 19.9 Å². The number of para-hydroxylation sites is 1. The smallest absolute Gasteiger partial charge is 0.231 e. The van der Waals surface area contributed by atoms with Crippen LogP contribution in [0.25, 0.3) is 6.08 Å². The summed E-state index contributed by atoms with van der Waals surface area (Å²) in [4.78, 5) is 16.6. The molecule has 5 rings (SSSR count). The fraction of sp³-hybridized carbons (Fsp3) is 0.240. The Labute approximate surface area is 185 Å². The Balaban J connectivity index is 1.39. The molecular weight excluding hydrogens is 410 g/mol. The van der Waals surface area contributed by atoms with E-state index in [-0.39, 0.29) is 5.78 Å². The average molecular weight is 434 g/mol. The highest BCUT2D eigenvalue weighted by atomic mass is 32.1. The lowest BCUT2D eigenvalue weighted by molar-refractivity contribution is 0.0951. The normalized spacial score (nSPS) is 16.5. The molecule has 0 amide bonds. The first kappa shape index (κ1) is 19.8. The van der Waals surface area contributed by atoms with Crippen molar-refractivity contribution in [3.63, 3.8) is 0 Å². The van der Waals surface area contributed by atoms with Gasteiger partial charge >= 0.3 is 0 Å². The Morgan fingerprint density at radius 3 is 2.90 bits per heavy atom. The van der Waals surface area contributed by atoms with Gasteiger partial charge in [-0.05, 0) is 49.1 Å². The molecule has 1 aromatic heterocycles. The summed E-state index contributed by atoms with van der Waals surface area (Å²) >= 11 is 1.77. The number of ether oxygens (including phenoxy) is 3. The van der Waals surface area contributed by atoms with E-state index in [0.717, 1.165) is 35.6 Å². The standard InChI is InChI=1S/C25H23NO4S/c1-2-28-21-8-4-3-6-17(21)14-23-24(27)19-9-10-22-20(25(19)30-23)15-26(16-29-22)12-11-18-7-5-13-31-18/h3-10,13-14H,2,11-12,15-16H2,1H3/b23-14-. The topological polar surface area (TPSA) is 48.0 Å². The molecule has 158 valence electrons. The Morgan fingerprint density at radius 2 is 2.06 bits per heavy atom. The van der Waals surface area contributed by atoms with Gasteiger partial charge in [0.2, 0.25) is 5.78 Å². The molecule has 3 aromatic rings. The van der Waals surface area contributed by atoms with Crippen molar-refractivity contribution in [3.05, 3.63) is 81.2 Å². The third-order valence-corrected chi connectivity index (χ3v) is 6.38. The van der Waals surface area contributed by atoms with E-state index >= 15 is 0 Å². The van der Waals surface area contributed by atoms with Crippen LogP contribution in [0.4, 0.5) is 0 Å². The molecule has 2 aliphatic rings. The van der Waals surface area contributed by atoms with Gasteiger partial charge in [-0.2, -0.15) is 0 Å². The van der Waals surface area contributed by atoms with Crippen molar-refractivity contribution in [2.24, 2.45) is 0 Å². The van der Waals surface area contributed by atoms with Gasteiger partial charge in [-0.25, -0.2) is 0 Å². The van der Waals surface area contributed by atoms with Crippen LogP contribution in [0.3, 0.4) is 0 Å². The van der Waals surface area contributed by atoms with Gasteiger partial charge in [0.15, 0.2) is 5.76 Å². The highest BCUT2D eigenvalue weighted by Crippen LogP contribution is 2.42. The van der Waals surface area contributed by atoms with Gasteiger partial charge in [-0.15, -0.1) is 11.3 Å². The molecule has 0 aliphatic carbocycles. The summed E-state index contributed by atoms with van der Waals surface area (Å²) in [5.41, 5.74) is 2.34. The molecule has 0 fully saturated rings. The monoisotopic (exact) mass is 433 g/mol. The second kappa shape index (κ2) is 8.57. The van der Waals surface area contributed by atoms with Crippen molar-refractivity contribution in [3.8, 4) is 17.2 Å². The number of Topliss-reactive ketones (excluding diaryl/α,β-unsaturated/α-hetero) is 1. The number of nitrogens with zero attached hydrogens (tertiary/aromatic N) is 1. The summed E-state index contributed by atoms with van der Waals surface area (Å²) in [5.74, 6) is 2.33. The second-order valence-electron chi connectivity index (χ2n) is 7.48. The second-order valence-corrected chi connectivity index (χ2v) is 8.52. The molecule has 0 N–H and O–H groups in total. The maximum atomic E-state index is 13.0. The minimum Gasteiger partial charge on any atom is -0.493 e. The number of hydrogen-bond donors (Lipinski definition) is 0. The zero-order valence-electron chi connectivity index (χ0n) is 17.3. The summed E-state index contributed by atoms with van der Waals surface area (Å²) in [6.07, 6.45) is 2.74. The van der Waals surface area contributed by atoms with Crippen molar-refractivity contribution < 1.29 is 19.0 Å². The maximum absolute atomic E-state index is 13.0. The molecule has 5 nitrogen and oxygen atoms in total. The van der Waals surface area contributed by atoms with Crippen LogP contribution in [0.15, 0.2) is 59.7 Å². The quantitative estimate of drug-likeness (QED) is 0.503. The first-order valence-electron chi connectivity index (χ1n) is 10.4. The molecule has 2 aliphatic heterocycles. The Kier molecular flexibility index (Phi) is 5.49. The minimum absolute atomic E-state index is 0.111. The summed E-state index contributed by atoms with van der Waals surface area (Å²) in [6.45, 7) is 4.62. The highest BCUT2D eigenvalue weighted by molar-refractivity contribution is 7.09. The summed E-state index contributed by atoms with van der Waals surface area (Å²) in [5, 5.41) is 2.10. The zero-order chi connectivity index (χ0) is 21.2. The van der Waals surface area contributed by atoms with Crippen LogP contribution in [-0.2, 0) is 13.0 Å². The van der Waals surface area contributed by atoms with Crippen molar-refractivity contribution in [1.29, 1.82) is 0 Å². The number of hydrogen-bond acceptors (Lipinski definition) is 6. The predicted octanol–water partition coefficient (Wildman–Crippen LogP) is 5.16. The van der Waals surface area contributed by atoms with Gasteiger partial charge in [0.25, 0.3) is 0 Å². The lowest BCUT2D eigenvalue weighted by atomic mass is 10.0. The van der Waals surface area contributed by atoms with Gasteiger partial charge in [0.1, 0.15) is 24.0 Å². The van der Waals surface area contributed by atoms with E-state index in [1.807, 2.05) is 37.3 Å². The molecule has 0 spiro atoms. The van der Waals surface area contributed by atoms with Crippen molar-refractivity contribution >= 4 is 23.2 Å². The van der Waals surface area contributed by atoms with Crippen molar-refractivity contribution in [1.82, 2.24) is 4.90 Å². The molecular formula is C25H23NO4S. The first-order valence-corrected chi connectivity index (χ1v) is 11.3. The number of carbonyl (C=O) groups excluding carboxylic acids is 1. The van der Waals surface area contributed by atoms with Crippen LogP contribution in [0.2, 0.25) is 0 Å². The number of thiophene rings is 1. The Morgan fingerprint density at radius 1 is 1.16 bits per heavy atom. The van der Waals surface area contributed by atoms with E-state index < -0.39 is 0 Å².